The lowest BCUT2D eigenvalue weighted by molar-refractivity contribution is 0.0697. The SMILES string of the molecule is O=C(O)c1ccc(F)c(F)c1Nc1ccc(CCCO)cc1F. The topological polar surface area (TPSA) is 69.6 Å². The van der Waals surface area contributed by atoms with Crippen molar-refractivity contribution >= 4 is 17.3 Å². The largest absolute Gasteiger partial charge is 0.478 e. The van der Waals surface area contributed by atoms with Gasteiger partial charge in [-0.15, -0.1) is 0 Å². The van der Waals surface area contributed by atoms with Gasteiger partial charge in [-0.25, -0.2) is 18.0 Å². The molecular weight excluding hydrogens is 311 g/mol. The Kier molecular flexibility index (Phi) is 5.23. The van der Waals surface area contributed by atoms with Crippen molar-refractivity contribution in [3.8, 4) is 0 Å². The summed E-state index contributed by atoms with van der Waals surface area (Å²) in [6, 6.07) is 5.64. The highest BCUT2D eigenvalue weighted by Crippen LogP contribution is 2.28. The molecule has 122 valence electrons. The molecule has 2 aromatic carbocycles. The van der Waals surface area contributed by atoms with Crippen LogP contribution in [0, 0.1) is 17.5 Å². The maximum atomic E-state index is 14.0. The average Bonchev–Trinajstić information content (AvgIpc) is 2.51. The Morgan fingerprint density at radius 3 is 2.43 bits per heavy atom. The van der Waals surface area contributed by atoms with Crippen LogP contribution in [0.3, 0.4) is 0 Å². The van der Waals surface area contributed by atoms with Gasteiger partial charge in [0.2, 0.25) is 0 Å². The summed E-state index contributed by atoms with van der Waals surface area (Å²) in [5.41, 5.74) is -0.697. The molecule has 0 saturated heterocycles. The Morgan fingerprint density at radius 2 is 1.83 bits per heavy atom. The highest BCUT2D eigenvalue weighted by atomic mass is 19.2. The summed E-state index contributed by atoms with van der Waals surface area (Å²) in [4.78, 5) is 11.1. The fourth-order valence-corrected chi connectivity index (χ4v) is 2.08. The van der Waals surface area contributed by atoms with E-state index in [-0.39, 0.29) is 12.3 Å². The van der Waals surface area contributed by atoms with Crippen molar-refractivity contribution in [3.05, 3.63) is 58.9 Å². The molecule has 3 N–H and O–H groups in total. The fourth-order valence-electron chi connectivity index (χ4n) is 2.08. The van der Waals surface area contributed by atoms with Crippen LogP contribution in [0.15, 0.2) is 30.3 Å². The molecule has 0 saturated carbocycles. The zero-order chi connectivity index (χ0) is 17.0. The van der Waals surface area contributed by atoms with Gasteiger partial charge in [0.25, 0.3) is 0 Å². The second kappa shape index (κ2) is 7.15. The molecule has 0 fully saturated rings. The molecule has 0 aliphatic rings. The van der Waals surface area contributed by atoms with E-state index in [9.17, 15) is 18.0 Å². The van der Waals surface area contributed by atoms with Crippen molar-refractivity contribution < 1.29 is 28.2 Å². The number of hydrogen-bond acceptors (Lipinski definition) is 3. The summed E-state index contributed by atoms with van der Waals surface area (Å²) in [5, 5.41) is 20.1. The van der Waals surface area contributed by atoms with Crippen LogP contribution < -0.4 is 5.32 Å². The minimum atomic E-state index is -1.47. The molecule has 7 heteroatoms. The van der Waals surface area contributed by atoms with E-state index in [1.54, 1.807) is 6.07 Å². The van der Waals surface area contributed by atoms with Gasteiger partial charge in [-0.3, -0.25) is 0 Å². The molecule has 0 heterocycles. The van der Waals surface area contributed by atoms with Crippen LogP contribution in [0.1, 0.15) is 22.3 Å². The van der Waals surface area contributed by atoms with E-state index >= 15 is 0 Å². The molecule has 0 amide bonds. The smallest absolute Gasteiger partial charge is 0.337 e. The number of benzene rings is 2. The number of halogens is 3. The number of rotatable bonds is 6. The van der Waals surface area contributed by atoms with Crippen LogP contribution in [0.5, 0.6) is 0 Å². The van der Waals surface area contributed by atoms with Crippen LogP contribution in [0.25, 0.3) is 0 Å². The number of aromatic carboxylic acids is 1. The zero-order valence-electron chi connectivity index (χ0n) is 11.9. The molecule has 0 bridgehead atoms. The number of nitrogens with one attached hydrogen (secondary N) is 1. The van der Waals surface area contributed by atoms with Gasteiger partial charge in [0.1, 0.15) is 5.82 Å². The normalized spacial score (nSPS) is 10.6. The fraction of sp³-hybridized carbons (Fsp3) is 0.188. The van der Waals surface area contributed by atoms with Gasteiger partial charge in [-0.2, -0.15) is 0 Å². The third-order valence-electron chi connectivity index (χ3n) is 3.24. The molecule has 2 rings (SSSR count). The summed E-state index contributed by atoms with van der Waals surface area (Å²) >= 11 is 0. The van der Waals surface area contributed by atoms with Gasteiger partial charge < -0.3 is 15.5 Å². The lowest BCUT2D eigenvalue weighted by Gasteiger charge is -2.13. The van der Waals surface area contributed by atoms with Crippen LogP contribution in [0.4, 0.5) is 24.5 Å². The summed E-state index contributed by atoms with van der Waals surface area (Å²) in [6.45, 7) is -0.0297. The van der Waals surface area contributed by atoms with Gasteiger partial charge in [-0.1, -0.05) is 6.07 Å². The van der Waals surface area contributed by atoms with Crippen LogP contribution in [0.2, 0.25) is 0 Å². The number of hydrogen-bond donors (Lipinski definition) is 3. The van der Waals surface area contributed by atoms with Crippen molar-refractivity contribution in [1.29, 1.82) is 0 Å². The molecule has 0 unspecified atom stereocenters. The molecule has 0 radical (unpaired) electrons. The molecule has 0 atom stereocenters. The third-order valence-corrected chi connectivity index (χ3v) is 3.24. The molecule has 2 aromatic rings. The van der Waals surface area contributed by atoms with E-state index in [1.165, 1.54) is 12.1 Å². The maximum Gasteiger partial charge on any atom is 0.337 e. The van der Waals surface area contributed by atoms with E-state index in [0.717, 1.165) is 6.07 Å². The number of carboxylic acid groups (broad SMARTS) is 1. The van der Waals surface area contributed by atoms with Crippen LogP contribution >= 0.6 is 0 Å². The van der Waals surface area contributed by atoms with Crippen molar-refractivity contribution in [3.63, 3.8) is 0 Å². The van der Waals surface area contributed by atoms with Gasteiger partial charge in [0.05, 0.1) is 16.9 Å². The van der Waals surface area contributed by atoms with Crippen LogP contribution in [-0.4, -0.2) is 22.8 Å². The van der Waals surface area contributed by atoms with Gasteiger partial charge in [0.15, 0.2) is 11.6 Å². The first-order chi connectivity index (χ1) is 10.9. The first-order valence-electron chi connectivity index (χ1n) is 6.81. The predicted octanol–water partition coefficient (Wildman–Crippen LogP) is 3.47. The van der Waals surface area contributed by atoms with Crippen molar-refractivity contribution in [1.82, 2.24) is 0 Å². The Labute approximate surface area is 130 Å². The van der Waals surface area contributed by atoms with Crippen molar-refractivity contribution in [2.45, 2.75) is 12.8 Å². The molecular formula is C16H14F3NO3. The summed E-state index contributed by atoms with van der Waals surface area (Å²) in [5.74, 6) is -4.84. The second-order valence-electron chi connectivity index (χ2n) is 4.86. The number of aliphatic hydroxyl groups is 1. The van der Waals surface area contributed by atoms with E-state index in [0.29, 0.717) is 24.5 Å². The second-order valence-corrected chi connectivity index (χ2v) is 4.86. The maximum absolute atomic E-state index is 14.0. The predicted molar refractivity (Wildman–Crippen MR) is 78.4 cm³/mol. The number of aryl methyl sites for hydroxylation is 1. The molecule has 23 heavy (non-hydrogen) atoms. The highest BCUT2D eigenvalue weighted by Gasteiger charge is 2.19. The van der Waals surface area contributed by atoms with E-state index < -0.39 is 34.7 Å². The molecule has 4 nitrogen and oxygen atoms in total. The van der Waals surface area contributed by atoms with Gasteiger partial charge >= 0.3 is 5.97 Å². The van der Waals surface area contributed by atoms with Crippen molar-refractivity contribution in [2.75, 3.05) is 11.9 Å². The third kappa shape index (κ3) is 3.81. The first-order valence-corrected chi connectivity index (χ1v) is 6.81. The monoisotopic (exact) mass is 325 g/mol. The Bertz CT molecular complexity index is 735. The quantitative estimate of drug-likeness (QED) is 0.761. The minimum absolute atomic E-state index is 0.0297. The van der Waals surface area contributed by atoms with Gasteiger partial charge in [0, 0.05) is 6.61 Å². The lowest BCUT2D eigenvalue weighted by atomic mass is 10.1. The Balaban J connectivity index is 2.36. The van der Waals surface area contributed by atoms with E-state index in [1.807, 2.05) is 0 Å². The number of carbonyl (C=O) groups is 1. The molecule has 0 aromatic heterocycles. The Morgan fingerprint density at radius 1 is 1.09 bits per heavy atom. The number of carboxylic acids is 1. The number of anilines is 2. The summed E-state index contributed by atoms with van der Waals surface area (Å²) in [6.07, 6.45) is 0.927. The highest BCUT2D eigenvalue weighted by molar-refractivity contribution is 5.95. The van der Waals surface area contributed by atoms with E-state index in [2.05, 4.69) is 5.32 Å². The molecule has 0 spiro atoms. The summed E-state index contributed by atoms with van der Waals surface area (Å²) < 4.78 is 41.2. The van der Waals surface area contributed by atoms with Crippen molar-refractivity contribution in [2.24, 2.45) is 0 Å². The van der Waals surface area contributed by atoms with E-state index in [4.69, 9.17) is 10.2 Å². The molecule has 0 aliphatic heterocycles. The van der Waals surface area contributed by atoms with Gasteiger partial charge in [-0.05, 0) is 42.7 Å². The Hall–Kier alpha value is -2.54. The standard InChI is InChI=1S/C16H14F3NO3/c17-11-5-4-10(16(22)23)15(14(11)19)20-13-6-3-9(2-1-7-21)8-12(13)18/h3-6,8,20-21H,1-2,7H2,(H,22,23). The number of aliphatic hydroxyl groups excluding tert-OH is 1. The minimum Gasteiger partial charge on any atom is -0.478 e. The lowest BCUT2D eigenvalue weighted by Crippen LogP contribution is -2.07. The first kappa shape index (κ1) is 16.8. The average molecular weight is 325 g/mol. The zero-order valence-corrected chi connectivity index (χ0v) is 11.9. The van der Waals surface area contributed by atoms with Crippen LogP contribution in [-0.2, 0) is 6.42 Å². The molecule has 0 aliphatic carbocycles. The summed E-state index contributed by atoms with van der Waals surface area (Å²) in [7, 11) is 0.